The maximum Gasteiger partial charge on any atom is 0.387 e. The van der Waals surface area contributed by atoms with Crippen LogP contribution in [0.25, 0.3) is 0 Å². The molecule has 0 heterocycles. The second-order valence-corrected chi connectivity index (χ2v) is 3.67. The van der Waals surface area contributed by atoms with Crippen LogP contribution in [0.1, 0.15) is 5.56 Å². The molecular weight excluding hydrogens is 252 g/mol. The monoisotopic (exact) mass is 263 g/mol. The van der Waals surface area contributed by atoms with Gasteiger partial charge in [-0.25, -0.2) is 0 Å². The maximum absolute atomic E-state index is 11.9. The molecule has 0 aliphatic carbocycles. The Morgan fingerprint density at radius 1 is 1.41 bits per heavy atom. The number of amides is 1. The summed E-state index contributed by atoms with van der Waals surface area (Å²) in [6, 6.07) is 6.10. The molecule has 1 aromatic carbocycles. The molecule has 0 aromatic heterocycles. The largest absolute Gasteiger partial charge is 0.435 e. The standard InChI is InChI=1S/C11H12ClF2NO2/c1-15(10(16)6-12)7-8-2-4-9(5-3-8)17-11(13)14/h2-5,11H,6-7H2,1H3. The van der Waals surface area contributed by atoms with Crippen LogP contribution in [0.15, 0.2) is 24.3 Å². The highest BCUT2D eigenvalue weighted by molar-refractivity contribution is 6.27. The van der Waals surface area contributed by atoms with E-state index in [0.717, 1.165) is 5.56 Å². The van der Waals surface area contributed by atoms with E-state index in [1.807, 2.05) is 0 Å². The van der Waals surface area contributed by atoms with Gasteiger partial charge in [0.05, 0.1) is 0 Å². The Kier molecular flexibility index (Phi) is 5.15. The van der Waals surface area contributed by atoms with Gasteiger partial charge >= 0.3 is 6.61 Å². The minimum atomic E-state index is -2.83. The second kappa shape index (κ2) is 6.39. The fourth-order valence-corrected chi connectivity index (χ4v) is 1.44. The molecule has 3 nitrogen and oxygen atoms in total. The van der Waals surface area contributed by atoms with Gasteiger partial charge < -0.3 is 9.64 Å². The average molecular weight is 264 g/mol. The van der Waals surface area contributed by atoms with Gasteiger partial charge in [-0.1, -0.05) is 12.1 Å². The first kappa shape index (κ1) is 13.7. The molecule has 0 unspecified atom stereocenters. The van der Waals surface area contributed by atoms with E-state index < -0.39 is 6.61 Å². The van der Waals surface area contributed by atoms with Gasteiger partial charge in [0.25, 0.3) is 0 Å². The van der Waals surface area contributed by atoms with Crippen LogP contribution in [0, 0.1) is 0 Å². The lowest BCUT2D eigenvalue weighted by Gasteiger charge is -2.15. The highest BCUT2D eigenvalue weighted by Gasteiger charge is 2.08. The summed E-state index contributed by atoms with van der Waals surface area (Å²) in [6.45, 7) is -2.46. The molecule has 0 saturated heterocycles. The number of alkyl halides is 3. The summed E-state index contributed by atoms with van der Waals surface area (Å²) in [5.74, 6) is -0.182. The van der Waals surface area contributed by atoms with Crippen LogP contribution in [-0.4, -0.2) is 30.3 Å². The van der Waals surface area contributed by atoms with Crippen molar-refractivity contribution in [1.82, 2.24) is 4.90 Å². The van der Waals surface area contributed by atoms with E-state index in [2.05, 4.69) is 4.74 Å². The predicted octanol–water partition coefficient (Wildman–Crippen LogP) is 2.49. The molecule has 6 heteroatoms. The Morgan fingerprint density at radius 2 is 2.00 bits per heavy atom. The highest BCUT2D eigenvalue weighted by Crippen LogP contribution is 2.15. The minimum Gasteiger partial charge on any atom is -0.435 e. The molecule has 0 aliphatic heterocycles. The molecule has 1 amide bonds. The van der Waals surface area contributed by atoms with E-state index >= 15 is 0 Å². The zero-order valence-corrected chi connectivity index (χ0v) is 9.95. The summed E-state index contributed by atoms with van der Waals surface area (Å²) in [5.41, 5.74) is 0.813. The first-order valence-corrected chi connectivity index (χ1v) is 5.40. The normalized spacial score (nSPS) is 10.4. The van der Waals surface area contributed by atoms with E-state index in [0.29, 0.717) is 6.54 Å². The number of ether oxygens (including phenoxy) is 1. The van der Waals surface area contributed by atoms with Gasteiger partial charge in [0, 0.05) is 13.6 Å². The number of halogens is 3. The molecule has 0 spiro atoms. The fraction of sp³-hybridized carbons (Fsp3) is 0.364. The van der Waals surface area contributed by atoms with E-state index in [4.69, 9.17) is 11.6 Å². The molecule has 0 fully saturated rings. The highest BCUT2D eigenvalue weighted by atomic mass is 35.5. The zero-order chi connectivity index (χ0) is 12.8. The van der Waals surface area contributed by atoms with Crippen LogP contribution in [0.2, 0.25) is 0 Å². The molecule has 0 saturated carbocycles. The quantitative estimate of drug-likeness (QED) is 0.764. The van der Waals surface area contributed by atoms with Crippen molar-refractivity contribution >= 4 is 17.5 Å². The lowest BCUT2D eigenvalue weighted by Crippen LogP contribution is -2.27. The first-order chi connectivity index (χ1) is 8.02. The first-order valence-electron chi connectivity index (χ1n) is 4.86. The van der Waals surface area contributed by atoms with E-state index in [-0.39, 0.29) is 17.5 Å². The predicted molar refractivity (Wildman–Crippen MR) is 60.3 cm³/mol. The third-order valence-electron chi connectivity index (χ3n) is 2.11. The van der Waals surface area contributed by atoms with Crippen molar-refractivity contribution in [3.8, 4) is 5.75 Å². The summed E-state index contributed by atoms with van der Waals surface area (Å²) in [7, 11) is 1.62. The molecule has 17 heavy (non-hydrogen) atoms. The lowest BCUT2D eigenvalue weighted by atomic mass is 10.2. The van der Waals surface area contributed by atoms with Crippen LogP contribution in [0.4, 0.5) is 8.78 Å². The molecule has 0 N–H and O–H groups in total. The Labute approximate surface area is 103 Å². The van der Waals surface area contributed by atoms with Crippen molar-refractivity contribution in [3.63, 3.8) is 0 Å². The minimum absolute atomic E-state index is 0.0803. The summed E-state index contributed by atoms with van der Waals surface area (Å²) in [6.07, 6.45) is 0. The number of carbonyl (C=O) groups is 1. The maximum atomic E-state index is 11.9. The number of carbonyl (C=O) groups excluding carboxylic acids is 1. The van der Waals surface area contributed by atoms with Gasteiger partial charge in [0.2, 0.25) is 5.91 Å². The molecule has 0 aliphatic rings. The van der Waals surface area contributed by atoms with Crippen LogP contribution < -0.4 is 4.74 Å². The summed E-state index contributed by atoms with van der Waals surface area (Å²) in [4.78, 5) is 12.7. The molecular formula is C11H12ClF2NO2. The van der Waals surface area contributed by atoms with Crippen molar-refractivity contribution in [1.29, 1.82) is 0 Å². The molecule has 0 atom stereocenters. The second-order valence-electron chi connectivity index (χ2n) is 3.41. The van der Waals surface area contributed by atoms with Gasteiger partial charge in [-0.05, 0) is 17.7 Å². The van der Waals surface area contributed by atoms with Crippen molar-refractivity contribution in [2.75, 3.05) is 12.9 Å². The Bertz CT molecular complexity index is 370. The van der Waals surface area contributed by atoms with Crippen molar-refractivity contribution < 1.29 is 18.3 Å². The van der Waals surface area contributed by atoms with Crippen molar-refractivity contribution in [2.45, 2.75) is 13.2 Å². The molecule has 0 bridgehead atoms. The zero-order valence-electron chi connectivity index (χ0n) is 9.20. The van der Waals surface area contributed by atoms with E-state index in [1.165, 1.54) is 17.0 Å². The van der Waals surface area contributed by atoms with Gasteiger partial charge in [-0.3, -0.25) is 4.79 Å². The van der Waals surface area contributed by atoms with Gasteiger partial charge in [-0.2, -0.15) is 8.78 Å². The SMILES string of the molecule is CN(Cc1ccc(OC(F)F)cc1)C(=O)CCl. The van der Waals surface area contributed by atoms with Crippen LogP contribution >= 0.6 is 11.6 Å². The number of hydrogen-bond acceptors (Lipinski definition) is 2. The number of nitrogens with zero attached hydrogens (tertiary/aromatic N) is 1. The number of hydrogen-bond donors (Lipinski definition) is 0. The summed E-state index contributed by atoms with van der Waals surface area (Å²) in [5, 5.41) is 0. The van der Waals surface area contributed by atoms with Crippen LogP contribution in [0.3, 0.4) is 0 Å². The van der Waals surface area contributed by atoms with Gasteiger partial charge in [0.15, 0.2) is 0 Å². The fourth-order valence-electron chi connectivity index (χ4n) is 1.24. The van der Waals surface area contributed by atoms with Crippen molar-refractivity contribution in [3.05, 3.63) is 29.8 Å². The summed E-state index contributed by atoms with van der Waals surface area (Å²) >= 11 is 5.40. The van der Waals surface area contributed by atoms with Gasteiger partial charge in [0.1, 0.15) is 11.6 Å². The average Bonchev–Trinajstić information content (AvgIpc) is 2.30. The lowest BCUT2D eigenvalue weighted by molar-refractivity contribution is -0.127. The topological polar surface area (TPSA) is 29.5 Å². The third-order valence-corrected chi connectivity index (χ3v) is 2.34. The van der Waals surface area contributed by atoms with Crippen molar-refractivity contribution in [2.24, 2.45) is 0 Å². The third kappa shape index (κ3) is 4.56. The van der Waals surface area contributed by atoms with Gasteiger partial charge in [-0.15, -0.1) is 11.6 Å². The Hall–Kier alpha value is -1.36. The molecule has 0 radical (unpaired) electrons. The van der Waals surface area contributed by atoms with Crippen LogP contribution in [-0.2, 0) is 11.3 Å². The number of benzene rings is 1. The Balaban J connectivity index is 2.59. The van der Waals surface area contributed by atoms with Crippen LogP contribution in [0.5, 0.6) is 5.75 Å². The van der Waals surface area contributed by atoms with E-state index in [1.54, 1.807) is 19.2 Å². The smallest absolute Gasteiger partial charge is 0.387 e. The molecule has 1 aromatic rings. The molecule has 1 rings (SSSR count). The Morgan fingerprint density at radius 3 is 2.47 bits per heavy atom. The molecule has 94 valence electrons. The number of rotatable bonds is 5. The van der Waals surface area contributed by atoms with E-state index in [9.17, 15) is 13.6 Å². The summed E-state index contributed by atoms with van der Waals surface area (Å²) < 4.78 is 28.0.